The van der Waals surface area contributed by atoms with Crippen molar-refractivity contribution in [3.63, 3.8) is 0 Å². The van der Waals surface area contributed by atoms with Crippen molar-refractivity contribution < 1.29 is 19.0 Å². The number of ether oxygens (including phenoxy) is 3. The largest absolute Gasteiger partial charge is 0.445 e. The Kier molecular flexibility index (Phi) is 3.66. The van der Waals surface area contributed by atoms with Crippen molar-refractivity contribution in [2.45, 2.75) is 50.9 Å². The Bertz CT molecular complexity index is 731. The highest BCUT2D eigenvalue weighted by molar-refractivity contribution is 5.68. The van der Waals surface area contributed by atoms with Crippen molar-refractivity contribution in [2.24, 2.45) is 23.7 Å². The zero-order chi connectivity index (χ0) is 17.9. The number of allylic oxidation sites excluding steroid dienone is 2. The second-order valence-electron chi connectivity index (χ2n) is 8.40. The van der Waals surface area contributed by atoms with Crippen LogP contribution in [-0.4, -0.2) is 30.1 Å². The summed E-state index contributed by atoms with van der Waals surface area (Å²) in [5, 5.41) is 3.11. The maximum absolute atomic E-state index is 12.5. The number of alkyl carbamates (subject to hydrolysis) is 1. The summed E-state index contributed by atoms with van der Waals surface area (Å²) in [4.78, 5) is 12.5. The molecular formula is C21H25NO4. The van der Waals surface area contributed by atoms with Gasteiger partial charge < -0.3 is 19.5 Å². The Morgan fingerprint density at radius 3 is 2.58 bits per heavy atom. The van der Waals surface area contributed by atoms with Crippen LogP contribution in [0.2, 0.25) is 0 Å². The van der Waals surface area contributed by atoms with Crippen LogP contribution in [0.4, 0.5) is 4.79 Å². The number of fused-ring (bicyclic) bond motifs is 7. The van der Waals surface area contributed by atoms with E-state index in [-0.39, 0.29) is 30.9 Å². The van der Waals surface area contributed by atoms with Crippen molar-refractivity contribution in [1.29, 1.82) is 0 Å². The van der Waals surface area contributed by atoms with Crippen LogP contribution in [0.3, 0.4) is 0 Å². The molecule has 1 heterocycles. The number of carbonyl (C=O) groups is 1. The van der Waals surface area contributed by atoms with E-state index in [0.29, 0.717) is 23.7 Å². The van der Waals surface area contributed by atoms with Gasteiger partial charge in [0.25, 0.3) is 0 Å². The lowest BCUT2D eigenvalue weighted by molar-refractivity contribution is -0.163. The van der Waals surface area contributed by atoms with Crippen molar-refractivity contribution >= 4 is 6.09 Å². The third-order valence-electron chi connectivity index (χ3n) is 6.39. The summed E-state index contributed by atoms with van der Waals surface area (Å²) in [6.45, 7) is 4.18. The fourth-order valence-corrected chi connectivity index (χ4v) is 5.56. The van der Waals surface area contributed by atoms with Crippen LogP contribution < -0.4 is 5.32 Å². The van der Waals surface area contributed by atoms with Gasteiger partial charge in [0, 0.05) is 0 Å². The van der Waals surface area contributed by atoms with Crippen molar-refractivity contribution in [2.75, 3.05) is 0 Å². The molecule has 5 nitrogen and oxygen atoms in total. The maximum atomic E-state index is 12.5. The van der Waals surface area contributed by atoms with Crippen LogP contribution in [-0.2, 0) is 20.8 Å². The fraction of sp³-hybridized carbons (Fsp3) is 0.571. The minimum atomic E-state index is -0.597. The number of hydrogen-bond acceptors (Lipinski definition) is 4. The molecule has 3 aliphatic carbocycles. The molecule has 3 fully saturated rings. The molecule has 1 aromatic carbocycles. The highest BCUT2D eigenvalue weighted by Crippen LogP contribution is 2.59. The van der Waals surface area contributed by atoms with Gasteiger partial charge in [-0.25, -0.2) is 4.79 Å². The third-order valence-corrected chi connectivity index (χ3v) is 6.39. The Morgan fingerprint density at radius 2 is 1.81 bits per heavy atom. The van der Waals surface area contributed by atoms with E-state index in [1.54, 1.807) is 0 Å². The number of rotatable bonds is 3. The van der Waals surface area contributed by atoms with E-state index in [1.165, 1.54) is 6.42 Å². The number of hydrogen-bond donors (Lipinski definition) is 1. The first-order valence-electron chi connectivity index (χ1n) is 9.53. The quantitative estimate of drug-likeness (QED) is 0.846. The van der Waals surface area contributed by atoms with E-state index < -0.39 is 5.79 Å². The molecule has 1 N–H and O–H groups in total. The predicted molar refractivity (Wildman–Crippen MR) is 95.1 cm³/mol. The molecule has 4 aliphatic rings. The van der Waals surface area contributed by atoms with E-state index in [4.69, 9.17) is 14.2 Å². The number of benzene rings is 1. The smallest absolute Gasteiger partial charge is 0.407 e. The lowest BCUT2D eigenvalue weighted by atomic mass is 9.83. The molecule has 0 aromatic heterocycles. The first-order valence-corrected chi connectivity index (χ1v) is 9.53. The van der Waals surface area contributed by atoms with E-state index in [2.05, 4.69) is 17.5 Å². The van der Waals surface area contributed by atoms with Gasteiger partial charge in [0.2, 0.25) is 0 Å². The van der Waals surface area contributed by atoms with Crippen molar-refractivity contribution in [1.82, 2.24) is 5.32 Å². The summed E-state index contributed by atoms with van der Waals surface area (Å²) in [5.74, 6) is 1.25. The summed E-state index contributed by atoms with van der Waals surface area (Å²) in [5.41, 5.74) is 0.981. The molecule has 1 amide bonds. The van der Waals surface area contributed by atoms with Gasteiger partial charge in [-0.2, -0.15) is 0 Å². The maximum Gasteiger partial charge on any atom is 0.407 e. The number of carbonyl (C=O) groups excluding carboxylic acids is 1. The van der Waals surface area contributed by atoms with Gasteiger partial charge in [-0.3, -0.25) is 0 Å². The molecule has 1 saturated heterocycles. The summed E-state index contributed by atoms with van der Waals surface area (Å²) in [6.07, 6.45) is 5.37. The fourth-order valence-electron chi connectivity index (χ4n) is 5.56. The van der Waals surface area contributed by atoms with Gasteiger partial charge in [-0.05, 0) is 49.5 Å². The van der Waals surface area contributed by atoms with Gasteiger partial charge >= 0.3 is 6.09 Å². The van der Waals surface area contributed by atoms with E-state index >= 15 is 0 Å². The lowest BCUT2D eigenvalue weighted by Gasteiger charge is -2.31. The second kappa shape index (κ2) is 5.83. The van der Waals surface area contributed by atoms with Gasteiger partial charge in [0.15, 0.2) is 5.79 Å². The molecule has 5 heteroatoms. The zero-order valence-electron chi connectivity index (χ0n) is 15.1. The molecule has 0 radical (unpaired) electrons. The van der Waals surface area contributed by atoms with Crippen molar-refractivity contribution in [3.05, 3.63) is 48.0 Å². The Morgan fingerprint density at radius 1 is 1.12 bits per heavy atom. The average molecular weight is 355 g/mol. The molecule has 7 atom stereocenters. The summed E-state index contributed by atoms with van der Waals surface area (Å²) >= 11 is 0. The minimum Gasteiger partial charge on any atom is -0.445 e. The molecule has 0 spiro atoms. The van der Waals surface area contributed by atoms with Crippen LogP contribution in [0.5, 0.6) is 0 Å². The third kappa shape index (κ3) is 2.57. The molecule has 26 heavy (non-hydrogen) atoms. The van der Waals surface area contributed by atoms with E-state index in [1.807, 2.05) is 44.2 Å². The zero-order valence-corrected chi connectivity index (χ0v) is 15.1. The van der Waals surface area contributed by atoms with Gasteiger partial charge in [-0.15, -0.1) is 0 Å². The predicted octanol–water partition coefficient (Wildman–Crippen LogP) is 3.25. The average Bonchev–Trinajstić information content (AvgIpc) is 3.34. The topological polar surface area (TPSA) is 56.8 Å². The first-order chi connectivity index (χ1) is 12.5. The van der Waals surface area contributed by atoms with Crippen LogP contribution >= 0.6 is 0 Å². The molecule has 1 aliphatic heterocycles. The molecule has 138 valence electrons. The summed E-state index contributed by atoms with van der Waals surface area (Å²) in [7, 11) is 0. The van der Waals surface area contributed by atoms with E-state index in [9.17, 15) is 4.79 Å². The standard InChI is InChI=1S/C21H25NO4/c1-21(2)25-18-16-14-9-8-13(10-14)15(16)17(19(18)26-21)22-20(23)24-11-12-6-4-3-5-7-12/h3-9,13-19H,10-11H2,1-2H3,(H,22,23)/t13-,14+,15-,16+,17-,18-,19+/m1/s1. The van der Waals surface area contributed by atoms with Gasteiger partial charge in [-0.1, -0.05) is 42.5 Å². The highest BCUT2D eigenvalue weighted by Gasteiger charge is 2.65. The van der Waals surface area contributed by atoms with Crippen LogP contribution in [0, 0.1) is 23.7 Å². The summed E-state index contributed by atoms with van der Waals surface area (Å²) in [6, 6.07) is 9.67. The highest BCUT2D eigenvalue weighted by atomic mass is 16.8. The number of nitrogens with one attached hydrogen (secondary N) is 1. The lowest BCUT2D eigenvalue weighted by Crippen LogP contribution is -2.47. The molecule has 5 rings (SSSR count). The molecule has 2 bridgehead atoms. The Balaban J connectivity index is 1.31. The minimum absolute atomic E-state index is 0.0503. The van der Waals surface area contributed by atoms with Gasteiger partial charge in [0.1, 0.15) is 12.7 Å². The molecule has 2 saturated carbocycles. The van der Waals surface area contributed by atoms with E-state index in [0.717, 1.165) is 5.56 Å². The normalized spacial score (nSPS) is 41.1. The second-order valence-corrected chi connectivity index (χ2v) is 8.40. The Hall–Kier alpha value is -1.85. The molecule has 1 aromatic rings. The number of amides is 1. The SMILES string of the molecule is CC1(C)O[C@H]2[C@H](NC(=O)OCc3ccccc3)[C@H]3[C@@H]([C@H]2O1)[C@H]1C=C[C@@H]3C1. The molecular weight excluding hydrogens is 330 g/mol. The van der Waals surface area contributed by atoms with Crippen LogP contribution in [0.15, 0.2) is 42.5 Å². The monoisotopic (exact) mass is 355 g/mol. The van der Waals surface area contributed by atoms with Gasteiger partial charge in [0.05, 0.1) is 12.1 Å². The van der Waals surface area contributed by atoms with Crippen LogP contribution in [0.25, 0.3) is 0 Å². The Labute approximate surface area is 153 Å². The first kappa shape index (κ1) is 16.3. The molecule has 0 unspecified atom stereocenters. The summed E-state index contributed by atoms with van der Waals surface area (Å²) < 4.78 is 17.9. The van der Waals surface area contributed by atoms with Crippen molar-refractivity contribution in [3.8, 4) is 0 Å². The van der Waals surface area contributed by atoms with Crippen LogP contribution in [0.1, 0.15) is 25.8 Å².